The van der Waals surface area contributed by atoms with Crippen molar-refractivity contribution in [3.63, 3.8) is 0 Å². The molecule has 6 heteroatoms. The number of carbonyl (C=O) groups is 1. The smallest absolute Gasteiger partial charge is 0.225 e. The fraction of sp³-hybridized carbons (Fsp3) is 0.667. The zero-order valence-electron chi connectivity index (χ0n) is 12.7. The molecule has 2 rings (SSSR count). The van der Waals surface area contributed by atoms with Crippen LogP contribution in [0.2, 0.25) is 0 Å². The summed E-state index contributed by atoms with van der Waals surface area (Å²) in [7, 11) is 0. The molecule has 1 fully saturated rings. The normalized spacial score (nSPS) is 17.5. The van der Waals surface area contributed by atoms with E-state index in [-0.39, 0.29) is 18.0 Å². The Morgan fingerprint density at radius 2 is 2.10 bits per heavy atom. The van der Waals surface area contributed by atoms with Crippen molar-refractivity contribution in [2.45, 2.75) is 51.1 Å². The molecule has 6 nitrogen and oxygen atoms in total. The first kappa shape index (κ1) is 15.7. The maximum Gasteiger partial charge on any atom is 0.225 e. The molecule has 1 saturated heterocycles. The highest BCUT2D eigenvalue weighted by Gasteiger charge is 2.22. The number of aromatic nitrogens is 2. The molecule has 0 aromatic carbocycles. The summed E-state index contributed by atoms with van der Waals surface area (Å²) in [6.07, 6.45) is 7.70. The van der Waals surface area contributed by atoms with Crippen molar-refractivity contribution in [3.05, 3.63) is 18.5 Å². The molecule has 1 aliphatic heterocycles. The number of amides is 1. The lowest BCUT2D eigenvalue weighted by atomic mass is 10.0. The summed E-state index contributed by atoms with van der Waals surface area (Å²) in [5, 5.41) is 3.09. The second kappa shape index (κ2) is 7.93. The molecule has 2 heterocycles. The van der Waals surface area contributed by atoms with E-state index in [1.807, 2.05) is 6.07 Å². The largest absolute Gasteiger partial charge is 0.353 e. The number of anilines is 1. The predicted octanol–water partition coefficient (Wildman–Crippen LogP) is 1.08. The molecule has 0 saturated carbocycles. The predicted molar refractivity (Wildman–Crippen MR) is 82.9 cm³/mol. The van der Waals surface area contributed by atoms with Crippen LogP contribution >= 0.6 is 0 Å². The van der Waals surface area contributed by atoms with E-state index in [0.29, 0.717) is 6.42 Å². The first-order valence-corrected chi connectivity index (χ1v) is 7.76. The molecule has 0 spiro atoms. The van der Waals surface area contributed by atoms with Crippen LogP contribution in [0.5, 0.6) is 0 Å². The minimum absolute atomic E-state index is 0.0205. The third-order valence-electron chi connectivity index (χ3n) is 3.80. The highest BCUT2D eigenvalue weighted by Crippen LogP contribution is 2.15. The van der Waals surface area contributed by atoms with Gasteiger partial charge in [-0.15, -0.1) is 0 Å². The van der Waals surface area contributed by atoms with Crippen molar-refractivity contribution >= 4 is 11.9 Å². The van der Waals surface area contributed by atoms with Crippen LogP contribution in [-0.4, -0.2) is 41.0 Å². The van der Waals surface area contributed by atoms with Gasteiger partial charge in [0.25, 0.3) is 0 Å². The highest BCUT2D eigenvalue weighted by molar-refractivity contribution is 5.76. The van der Waals surface area contributed by atoms with Gasteiger partial charge in [-0.3, -0.25) is 4.79 Å². The average Bonchev–Trinajstić information content (AvgIpc) is 2.49. The Balaban J connectivity index is 1.73. The molecule has 1 aromatic heterocycles. The maximum absolute atomic E-state index is 11.9. The summed E-state index contributed by atoms with van der Waals surface area (Å²) in [4.78, 5) is 22.6. The Morgan fingerprint density at radius 1 is 1.43 bits per heavy atom. The van der Waals surface area contributed by atoms with Gasteiger partial charge >= 0.3 is 0 Å². The van der Waals surface area contributed by atoms with Crippen molar-refractivity contribution in [2.24, 2.45) is 5.73 Å². The average molecular weight is 291 g/mol. The second-order valence-corrected chi connectivity index (χ2v) is 5.63. The SMILES string of the molecule is CCCC(N)CC(=O)NC1CCN(c2ncccn2)CC1. The van der Waals surface area contributed by atoms with Crippen molar-refractivity contribution in [3.8, 4) is 0 Å². The summed E-state index contributed by atoms with van der Waals surface area (Å²) in [6, 6.07) is 2.04. The van der Waals surface area contributed by atoms with Crippen LogP contribution in [0, 0.1) is 0 Å². The van der Waals surface area contributed by atoms with Crippen molar-refractivity contribution in [1.82, 2.24) is 15.3 Å². The van der Waals surface area contributed by atoms with Crippen LogP contribution in [0.4, 0.5) is 5.95 Å². The van der Waals surface area contributed by atoms with Gasteiger partial charge in [-0.25, -0.2) is 9.97 Å². The first-order chi connectivity index (χ1) is 10.2. The monoisotopic (exact) mass is 291 g/mol. The molecule has 0 radical (unpaired) electrons. The van der Waals surface area contributed by atoms with E-state index in [1.54, 1.807) is 12.4 Å². The lowest BCUT2D eigenvalue weighted by Gasteiger charge is -2.32. The summed E-state index contributed by atoms with van der Waals surface area (Å²) in [5.41, 5.74) is 5.90. The van der Waals surface area contributed by atoms with Gasteiger partial charge in [0, 0.05) is 44.0 Å². The Labute approximate surface area is 126 Å². The van der Waals surface area contributed by atoms with E-state index < -0.39 is 0 Å². The number of rotatable bonds is 6. The van der Waals surface area contributed by atoms with Gasteiger partial charge in [-0.1, -0.05) is 13.3 Å². The van der Waals surface area contributed by atoms with Gasteiger partial charge in [-0.2, -0.15) is 0 Å². The van der Waals surface area contributed by atoms with Crippen LogP contribution in [0.25, 0.3) is 0 Å². The molecule has 1 amide bonds. The van der Waals surface area contributed by atoms with Gasteiger partial charge in [-0.05, 0) is 25.3 Å². The van der Waals surface area contributed by atoms with Crippen LogP contribution in [0.3, 0.4) is 0 Å². The fourth-order valence-electron chi connectivity index (χ4n) is 2.68. The van der Waals surface area contributed by atoms with E-state index in [1.165, 1.54) is 0 Å². The summed E-state index contributed by atoms with van der Waals surface area (Å²) in [5.74, 6) is 0.845. The summed E-state index contributed by atoms with van der Waals surface area (Å²) < 4.78 is 0. The first-order valence-electron chi connectivity index (χ1n) is 7.76. The molecule has 116 valence electrons. The van der Waals surface area contributed by atoms with E-state index >= 15 is 0 Å². The quantitative estimate of drug-likeness (QED) is 0.819. The van der Waals surface area contributed by atoms with Crippen LogP contribution in [0.1, 0.15) is 39.0 Å². The van der Waals surface area contributed by atoms with E-state index in [9.17, 15) is 4.79 Å². The number of carbonyl (C=O) groups excluding carboxylic acids is 1. The topological polar surface area (TPSA) is 84.1 Å². The fourth-order valence-corrected chi connectivity index (χ4v) is 2.68. The summed E-state index contributed by atoms with van der Waals surface area (Å²) >= 11 is 0. The van der Waals surface area contributed by atoms with Crippen LogP contribution in [0.15, 0.2) is 18.5 Å². The Kier molecular flexibility index (Phi) is 5.92. The Morgan fingerprint density at radius 3 is 2.71 bits per heavy atom. The van der Waals surface area contributed by atoms with Crippen molar-refractivity contribution < 1.29 is 4.79 Å². The standard InChI is InChI=1S/C15H25N5O/c1-2-4-12(16)11-14(21)19-13-5-9-20(10-6-13)15-17-7-3-8-18-15/h3,7-8,12-13H,2,4-6,9-11,16H2,1H3,(H,19,21). The zero-order chi connectivity index (χ0) is 15.1. The molecule has 0 aliphatic carbocycles. The number of hydrogen-bond acceptors (Lipinski definition) is 5. The number of nitrogens with zero attached hydrogens (tertiary/aromatic N) is 3. The molecular weight excluding hydrogens is 266 g/mol. The molecule has 3 N–H and O–H groups in total. The third-order valence-corrected chi connectivity index (χ3v) is 3.80. The molecule has 1 atom stereocenters. The number of nitrogens with two attached hydrogens (primary N) is 1. The van der Waals surface area contributed by atoms with Crippen LogP contribution < -0.4 is 16.0 Å². The highest BCUT2D eigenvalue weighted by atomic mass is 16.1. The van der Waals surface area contributed by atoms with Gasteiger partial charge in [0.15, 0.2) is 0 Å². The van der Waals surface area contributed by atoms with Gasteiger partial charge in [0.2, 0.25) is 11.9 Å². The number of piperidine rings is 1. The van der Waals surface area contributed by atoms with Gasteiger partial charge in [0.05, 0.1) is 0 Å². The number of hydrogen-bond donors (Lipinski definition) is 2. The van der Waals surface area contributed by atoms with Crippen LogP contribution in [-0.2, 0) is 4.79 Å². The molecule has 21 heavy (non-hydrogen) atoms. The lowest BCUT2D eigenvalue weighted by molar-refractivity contribution is -0.122. The van der Waals surface area contributed by atoms with E-state index in [2.05, 4.69) is 27.1 Å². The van der Waals surface area contributed by atoms with Gasteiger partial charge < -0.3 is 16.0 Å². The third kappa shape index (κ3) is 4.97. The lowest BCUT2D eigenvalue weighted by Crippen LogP contribution is -2.46. The Hall–Kier alpha value is -1.69. The molecule has 1 aromatic rings. The Bertz CT molecular complexity index is 431. The zero-order valence-corrected chi connectivity index (χ0v) is 12.7. The minimum Gasteiger partial charge on any atom is -0.353 e. The second-order valence-electron chi connectivity index (χ2n) is 5.63. The van der Waals surface area contributed by atoms with E-state index in [4.69, 9.17) is 5.73 Å². The molecule has 1 unspecified atom stereocenters. The van der Waals surface area contributed by atoms with Gasteiger partial charge in [0.1, 0.15) is 0 Å². The van der Waals surface area contributed by atoms with Crippen molar-refractivity contribution in [1.29, 1.82) is 0 Å². The molecular formula is C15H25N5O. The minimum atomic E-state index is -0.0205. The van der Waals surface area contributed by atoms with Crippen molar-refractivity contribution in [2.75, 3.05) is 18.0 Å². The number of nitrogens with one attached hydrogen (secondary N) is 1. The van der Waals surface area contributed by atoms with E-state index in [0.717, 1.165) is 44.7 Å². The summed E-state index contributed by atoms with van der Waals surface area (Å²) in [6.45, 7) is 3.82. The molecule has 0 bridgehead atoms. The maximum atomic E-state index is 11.9. The molecule has 1 aliphatic rings.